The minimum atomic E-state index is -0.687. The third kappa shape index (κ3) is 3.41. The van der Waals surface area contributed by atoms with Gasteiger partial charge in [0.1, 0.15) is 10.9 Å². The Morgan fingerprint density at radius 3 is 2.69 bits per heavy atom. The Kier molecular flexibility index (Phi) is 4.69. The van der Waals surface area contributed by atoms with E-state index in [9.17, 15) is 9.59 Å². The fourth-order valence-corrected chi connectivity index (χ4v) is 3.69. The summed E-state index contributed by atoms with van der Waals surface area (Å²) in [5.74, 6) is -0.580. The molecule has 1 unspecified atom stereocenters. The average Bonchev–Trinajstić information content (AvgIpc) is 3.13. The number of nitrogens with zero attached hydrogens (tertiary/aromatic N) is 2. The molecule has 0 spiro atoms. The van der Waals surface area contributed by atoms with Gasteiger partial charge in [0.25, 0.3) is 5.91 Å². The van der Waals surface area contributed by atoms with Crippen molar-refractivity contribution in [1.82, 2.24) is 15.1 Å². The molecule has 0 fully saturated rings. The number of aromatic nitrogens is 2. The molecule has 0 bridgehead atoms. The first-order valence-corrected chi connectivity index (χ1v) is 8.99. The maximum absolute atomic E-state index is 12.5. The van der Waals surface area contributed by atoms with Crippen molar-refractivity contribution < 1.29 is 9.59 Å². The number of nitrogen functional groups attached to an aromatic ring is 1. The lowest BCUT2D eigenvalue weighted by Gasteiger charge is -2.15. The number of carbonyl (C=O) groups excluding carboxylic acids is 2. The second-order valence-electron chi connectivity index (χ2n) is 6.30. The lowest BCUT2D eigenvalue weighted by molar-refractivity contribution is -0.117. The Morgan fingerprint density at radius 2 is 2.00 bits per heavy atom. The first-order chi connectivity index (χ1) is 12.3. The highest BCUT2D eigenvalue weighted by Gasteiger charge is 2.20. The van der Waals surface area contributed by atoms with Crippen LogP contribution in [0.15, 0.2) is 24.3 Å². The fraction of sp³-hybridized carbons (Fsp3) is 0.278. The average molecular weight is 371 g/mol. The molecular weight excluding hydrogens is 350 g/mol. The lowest BCUT2D eigenvalue weighted by Crippen LogP contribution is -2.41. The Bertz CT molecular complexity index is 970. The molecule has 0 saturated carbocycles. The maximum atomic E-state index is 12.5. The van der Waals surface area contributed by atoms with Crippen LogP contribution in [0.5, 0.6) is 0 Å². The summed E-state index contributed by atoms with van der Waals surface area (Å²) in [6, 6.07) is 6.43. The number of amides is 2. The van der Waals surface area contributed by atoms with Crippen molar-refractivity contribution in [3.63, 3.8) is 0 Å². The zero-order chi connectivity index (χ0) is 19.0. The van der Waals surface area contributed by atoms with E-state index in [0.29, 0.717) is 16.3 Å². The number of nitrogens with two attached hydrogens (primary N) is 1. The van der Waals surface area contributed by atoms with Gasteiger partial charge in [-0.25, -0.2) is 0 Å². The first kappa shape index (κ1) is 17.9. The molecule has 1 aromatic carbocycles. The number of fused-ring (bicyclic) bond motifs is 1. The molecule has 3 rings (SSSR count). The largest absolute Gasteiger partial charge is 0.399 e. The van der Waals surface area contributed by atoms with Gasteiger partial charge in [-0.05, 0) is 44.5 Å². The Morgan fingerprint density at radius 1 is 1.27 bits per heavy atom. The predicted octanol–water partition coefficient (Wildman–Crippen LogP) is 2.59. The highest BCUT2D eigenvalue weighted by Crippen LogP contribution is 2.27. The number of benzene rings is 1. The summed E-state index contributed by atoms with van der Waals surface area (Å²) in [5.41, 5.74) is 8.74. The fourth-order valence-electron chi connectivity index (χ4n) is 2.67. The van der Waals surface area contributed by atoms with Gasteiger partial charge in [-0.15, -0.1) is 11.3 Å². The van der Waals surface area contributed by atoms with Crippen LogP contribution in [0.2, 0.25) is 0 Å². The van der Waals surface area contributed by atoms with E-state index >= 15 is 0 Å². The molecule has 8 heteroatoms. The van der Waals surface area contributed by atoms with Crippen LogP contribution in [-0.2, 0) is 11.8 Å². The zero-order valence-electron chi connectivity index (χ0n) is 15.1. The summed E-state index contributed by atoms with van der Waals surface area (Å²) < 4.78 is 1.75. The number of anilines is 2. The molecule has 0 aliphatic rings. The number of hydrogen-bond donors (Lipinski definition) is 3. The predicted molar refractivity (Wildman–Crippen MR) is 104 cm³/mol. The SMILES string of the molecule is Cc1ccc(N)cc1NC(=O)C(C)NC(=O)c1cc2c(C)nn(C)c2s1. The molecule has 0 aliphatic carbocycles. The van der Waals surface area contributed by atoms with Crippen molar-refractivity contribution in [1.29, 1.82) is 0 Å². The molecule has 7 nitrogen and oxygen atoms in total. The van der Waals surface area contributed by atoms with Crippen molar-refractivity contribution in [2.75, 3.05) is 11.1 Å². The highest BCUT2D eigenvalue weighted by atomic mass is 32.1. The second kappa shape index (κ2) is 6.80. The van der Waals surface area contributed by atoms with Crippen molar-refractivity contribution in [3.8, 4) is 0 Å². The minimum absolute atomic E-state index is 0.280. The van der Waals surface area contributed by atoms with E-state index < -0.39 is 6.04 Å². The van der Waals surface area contributed by atoms with E-state index in [1.807, 2.05) is 33.0 Å². The van der Waals surface area contributed by atoms with Gasteiger partial charge >= 0.3 is 0 Å². The number of thiophene rings is 1. The summed E-state index contributed by atoms with van der Waals surface area (Å²) in [6.07, 6.45) is 0. The molecule has 4 N–H and O–H groups in total. The molecule has 2 heterocycles. The highest BCUT2D eigenvalue weighted by molar-refractivity contribution is 7.20. The van der Waals surface area contributed by atoms with E-state index in [2.05, 4.69) is 15.7 Å². The molecule has 0 saturated heterocycles. The number of hydrogen-bond acceptors (Lipinski definition) is 5. The summed E-state index contributed by atoms with van der Waals surface area (Å²) >= 11 is 1.36. The van der Waals surface area contributed by atoms with E-state index in [0.717, 1.165) is 21.5 Å². The van der Waals surface area contributed by atoms with Crippen molar-refractivity contribution >= 4 is 44.7 Å². The third-order valence-corrected chi connectivity index (χ3v) is 5.38. The molecule has 3 aromatic rings. The summed E-state index contributed by atoms with van der Waals surface area (Å²) in [4.78, 5) is 26.4. The molecule has 26 heavy (non-hydrogen) atoms. The van der Waals surface area contributed by atoms with Crippen LogP contribution < -0.4 is 16.4 Å². The monoisotopic (exact) mass is 371 g/mol. The normalized spacial score (nSPS) is 12.2. The van der Waals surface area contributed by atoms with Gasteiger partial charge in [0.05, 0.1) is 10.6 Å². The molecule has 2 aromatic heterocycles. The van der Waals surface area contributed by atoms with Crippen LogP contribution >= 0.6 is 11.3 Å². The first-order valence-electron chi connectivity index (χ1n) is 8.17. The molecular formula is C18H21N5O2S. The number of nitrogens with one attached hydrogen (secondary N) is 2. The van der Waals surface area contributed by atoms with Gasteiger partial charge in [-0.1, -0.05) is 6.07 Å². The van der Waals surface area contributed by atoms with Gasteiger partial charge in [0.15, 0.2) is 0 Å². The van der Waals surface area contributed by atoms with Gasteiger partial charge in [-0.3, -0.25) is 14.3 Å². The van der Waals surface area contributed by atoms with Gasteiger partial charge in [-0.2, -0.15) is 5.10 Å². The van der Waals surface area contributed by atoms with Gasteiger partial charge < -0.3 is 16.4 Å². The third-order valence-electron chi connectivity index (χ3n) is 4.18. The van der Waals surface area contributed by atoms with Gasteiger partial charge in [0.2, 0.25) is 5.91 Å². The Balaban J connectivity index is 1.70. The van der Waals surface area contributed by atoms with Crippen LogP contribution in [0.4, 0.5) is 11.4 Å². The molecule has 136 valence electrons. The van der Waals surface area contributed by atoms with Crippen LogP contribution in [0.25, 0.3) is 10.2 Å². The minimum Gasteiger partial charge on any atom is -0.399 e. The lowest BCUT2D eigenvalue weighted by atomic mass is 10.1. The Hall–Kier alpha value is -2.87. The van der Waals surface area contributed by atoms with E-state index in [1.54, 1.807) is 23.7 Å². The summed E-state index contributed by atoms with van der Waals surface area (Å²) in [6.45, 7) is 5.43. The molecule has 2 amide bonds. The molecule has 1 atom stereocenters. The van der Waals surface area contributed by atoms with E-state index in [1.165, 1.54) is 11.3 Å². The van der Waals surface area contributed by atoms with Gasteiger partial charge in [0, 0.05) is 23.8 Å². The molecule has 0 aliphatic heterocycles. The summed E-state index contributed by atoms with van der Waals surface area (Å²) in [5, 5.41) is 10.8. The number of carbonyl (C=O) groups is 2. The summed E-state index contributed by atoms with van der Waals surface area (Å²) in [7, 11) is 1.84. The van der Waals surface area contributed by atoms with Crippen molar-refractivity contribution in [2.45, 2.75) is 26.8 Å². The standard InChI is InChI=1S/C18H21N5O2S/c1-9-5-6-12(19)7-14(9)21-16(24)11(3)20-17(25)15-8-13-10(2)22-23(4)18(13)26-15/h5-8,11H,19H2,1-4H3,(H,20,25)(H,21,24). The quantitative estimate of drug-likeness (QED) is 0.614. The van der Waals surface area contributed by atoms with Crippen LogP contribution in [0, 0.1) is 13.8 Å². The van der Waals surface area contributed by atoms with E-state index in [4.69, 9.17) is 5.73 Å². The van der Waals surface area contributed by atoms with Crippen LogP contribution in [0.3, 0.4) is 0 Å². The molecule has 0 radical (unpaired) electrons. The maximum Gasteiger partial charge on any atom is 0.262 e. The number of rotatable bonds is 4. The van der Waals surface area contributed by atoms with Crippen molar-refractivity contribution in [3.05, 3.63) is 40.4 Å². The van der Waals surface area contributed by atoms with Crippen LogP contribution in [-0.4, -0.2) is 27.6 Å². The van der Waals surface area contributed by atoms with E-state index in [-0.39, 0.29) is 11.8 Å². The number of aryl methyl sites for hydroxylation is 3. The van der Waals surface area contributed by atoms with Crippen LogP contribution in [0.1, 0.15) is 27.9 Å². The second-order valence-corrected chi connectivity index (χ2v) is 7.33. The smallest absolute Gasteiger partial charge is 0.262 e. The van der Waals surface area contributed by atoms with Crippen molar-refractivity contribution in [2.24, 2.45) is 7.05 Å². The topological polar surface area (TPSA) is 102 Å². The Labute approximate surface area is 155 Å². The zero-order valence-corrected chi connectivity index (χ0v) is 15.9.